The number of amides is 1. The number of nitrogens with zero attached hydrogens (tertiary/aromatic N) is 6. The van der Waals surface area contributed by atoms with Gasteiger partial charge in [0.05, 0.1) is 44.7 Å². The minimum absolute atomic E-state index is 0.0353. The lowest BCUT2D eigenvalue weighted by Crippen LogP contribution is -2.50. The zero-order chi connectivity index (χ0) is 41.7. The summed E-state index contributed by atoms with van der Waals surface area (Å²) < 4.78 is 51.3. The molecule has 314 valence electrons. The van der Waals surface area contributed by atoms with Crippen molar-refractivity contribution in [3.8, 4) is 6.07 Å². The number of aliphatic hydroxyl groups is 1. The molecule has 3 unspecified atom stereocenters. The molecule has 1 aliphatic heterocycles. The fourth-order valence-electron chi connectivity index (χ4n) is 6.16. The minimum atomic E-state index is -3.88. The van der Waals surface area contributed by atoms with Gasteiger partial charge in [0.15, 0.2) is 25.7 Å². The molecule has 57 heavy (non-hydrogen) atoms. The molecule has 2 aliphatic rings. The van der Waals surface area contributed by atoms with Gasteiger partial charge in [0.25, 0.3) is 5.56 Å². The van der Waals surface area contributed by atoms with Crippen LogP contribution >= 0.6 is 15.0 Å². The third-order valence-corrected chi connectivity index (χ3v) is 17.5. The average molecular weight is 872 g/mol. The topological polar surface area (TPSA) is 267 Å². The maximum atomic E-state index is 13.2. The van der Waals surface area contributed by atoms with E-state index in [1.165, 1.54) is 17.2 Å². The van der Waals surface area contributed by atoms with Crippen LogP contribution in [0.1, 0.15) is 60.1 Å². The first-order valence-corrected chi connectivity index (χ1v) is 25.2. The molecule has 1 amide bonds. The predicted molar refractivity (Wildman–Crippen MR) is 214 cm³/mol. The Morgan fingerprint density at radius 3 is 2.65 bits per heavy atom. The van der Waals surface area contributed by atoms with Crippen molar-refractivity contribution in [2.45, 2.75) is 109 Å². The highest BCUT2D eigenvalue weighted by Gasteiger charge is 2.54. The van der Waals surface area contributed by atoms with E-state index in [0.29, 0.717) is 18.7 Å². The van der Waals surface area contributed by atoms with Crippen LogP contribution in [0, 0.1) is 23.2 Å². The molecule has 0 aromatic carbocycles. The average Bonchev–Trinajstić information content (AvgIpc) is 3.82. The van der Waals surface area contributed by atoms with Gasteiger partial charge in [-0.3, -0.25) is 33.5 Å². The van der Waals surface area contributed by atoms with E-state index in [1.807, 2.05) is 19.2 Å². The molecule has 20 nitrogen and oxygen atoms in total. The van der Waals surface area contributed by atoms with E-state index in [-0.39, 0.29) is 53.7 Å². The summed E-state index contributed by atoms with van der Waals surface area (Å²) in [6.07, 6.45) is 0.0695. The van der Waals surface area contributed by atoms with Crippen LogP contribution in [0.3, 0.4) is 0 Å². The number of fused-ring (bicyclic) bond motifs is 1. The summed E-state index contributed by atoms with van der Waals surface area (Å²) in [5, 5.41) is 25.7. The second-order valence-corrected chi connectivity index (χ2v) is 24.1. The Bertz CT molecular complexity index is 2030. The molecule has 1 aliphatic carbocycles. The number of aliphatic hydroxyl groups excluding tert-OH is 1. The number of rotatable bonds is 18. The molecule has 3 aromatic rings. The van der Waals surface area contributed by atoms with Gasteiger partial charge in [0, 0.05) is 24.1 Å². The first-order chi connectivity index (χ1) is 26.8. The Balaban J connectivity index is 1.52. The van der Waals surface area contributed by atoms with Gasteiger partial charge in [0.2, 0.25) is 11.9 Å². The number of nitriles is 1. The number of aromatic nitrogens is 6. The van der Waals surface area contributed by atoms with Crippen molar-refractivity contribution in [3.63, 3.8) is 0 Å². The van der Waals surface area contributed by atoms with Crippen LogP contribution in [0.4, 0.5) is 11.8 Å². The van der Waals surface area contributed by atoms with Gasteiger partial charge in [-0.05, 0) is 48.8 Å². The smallest absolute Gasteiger partial charge is 0.327 e. The molecule has 9 atom stereocenters. The van der Waals surface area contributed by atoms with Crippen molar-refractivity contribution >= 4 is 63.9 Å². The molecule has 4 heterocycles. The van der Waals surface area contributed by atoms with Gasteiger partial charge in [-0.1, -0.05) is 34.6 Å². The van der Waals surface area contributed by atoms with Crippen LogP contribution in [-0.2, 0) is 48.4 Å². The number of imidazole rings is 1. The lowest BCUT2D eigenvalue weighted by atomic mass is 10.1. The van der Waals surface area contributed by atoms with Gasteiger partial charge in [-0.15, -0.1) is 0 Å². The second kappa shape index (κ2) is 18.9. The van der Waals surface area contributed by atoms with Crippen molar-refractivity contribution in [2.75, 3.05) is 30.5 Å². The van der Waals surface area contributed by atoms with Crippen molar-refractivity contribution < 1.29 is 46.6 Å². The highest BCUT2D eigenvalue weighted by atomic mass is 32.5. The van der Waals surface area contributed by atoms with E-state index in [1.54, 1.807) is 26.1 Å². The number of hydrogen-bond acceptors (Lipinski definition) is 17. The lowest BCUT2D eigenvalue weighted by molar-refractivity contribution is -0.118. The van der Waals surface area contributed by atoms with Gasteiger partial charge in [-0.25, -0.2) is 15.0 Å². The second-order valence-electron chi connectivity index (χ2n) is 15.6. The van der Waals surface area contributed by atoms with Crippen molar-refractivity contribution in [1.29, 1.82) is 5.26 Å². The summed E-state index contributed by atoms with van der Waals surface area (Å²) >= 11 is 6.03. The van der Waals surface area contributed by atoms with Gasteiger partial charge >= 0.3 is 15.0 Å². The Morgan fingerprint density at radius 2 is 2.02 bits per heavy atom. The Kier molecular flexibility index (Phi) is 15.0. The summed E-state index contributed by atoms with van der Waals surface area (Å²) in [7, 11) is -5.98. The molecule has 0 radical (unpaired) electrons. The molecule has 3 aromatic heterocycles. The Labute approximate surface area is 336 Å². The zero-order valence-corrected chi connectivity index (χ0v) is 36.5. The number of H-pyrrole nitrogens is 1. The number of anilines is 2. The summed E-state index contributed by atoms with van der Waals surface area (Å²) in [5.74, 6) is -0.791. The van der Waals surface area contributed by atoms with Crippen LogP contribution in [0.5, 0.6) is 0 Å². The van der Waals surface area contributed by atoms with Crippen LogP contribution < -0.4 is 16.2 Å². The quantitative estimate of drug-likeness (QED) is 0.0687. The molecular formula is C33H51N9O11P2SSi. The lowest BCUT2D eigenvalue weighted by Gasteiger charge is -2.41. The zero-order valence-electron chi connectivity index (χ0n) is 32.8. The number of aromatic amines is 1. The maximum Gasteiger partial charge on any atom is 0.327 e. The highest BCUT2D eigenvalue weighted by Crippen LogP contribution is 2.56. The monoisotopic (exact) mass is 871 g/mol. The molecule has 1 saturated carbocycles. The van der Waals surface area contributed by atoms with E-state index in [9.17, 15) is 29.4 Å². The Morgan fingerprint density at radius 1 is 1.26 bits per heavy atom. The van der Waals surface area contributed by atoms with Gasteiger partial charge < -0.3 is 38.1 Å². The van der Waals surface area contributed by atoms with Gasteiger partial charge in [0.1, 0.15) is 30.5 Å². The number of carbonyl (C=O) groups is 1. The third kappa shape index (κ3) is 11.2. The molecule has 2 fully saturated rings. The summed E-state index contributed by atoms with van der Waals surface area (Å²) in [6, 6.07) is 3.51. The third-order valence-electron chi connectivity index (χ3n) is 10.2. The summed E-state index contributed by atoms with van der Waals surface area (Å²) in [4.78, 5) is 54.9. The van der Waals surface area contributed by atoms with Crippen LogP contribution in [0.25, 0.3) is 11.2 Å². The van der Waals surface area contributed by atoms with Crippen molar-refractivity contribution in [1.82, 2.24) is 29.5 Å². The normalized spacial score (nSPS) is 25.7. The van der Waals surface area contributed by atoms with Crippen molar-refractivity contribution in [3.05, 3.63) is 35.3 Å². The highest BCUT2D eigenvalue weighted by molar-refractivity contribution is 8.07. The standard InChI is InChI=1S/C33H51N9O11P2SSi/c1-19(2)29(44)40-32-39-28-25(30(45)41-32)37-18-42(28)31-27(26(23(15-43)50-31)53-57(6,7)33(3,4)5)52-55(56,48-12-8-10-34)49-16-20-13-21(14-22(20)51-54(46)47)38-24-9-11-35-17-36-24/h9,11,17-23,26-27,31,43,54H,8,12-16H2,1-7H3,(H,46,47)(H,35,36,38)(H2,39,40,41,44,45)/t20-,21-,22+,23-,26?,27-,31-,55?/m1/s1. The van der Waals surface area contributed by atoms with E-state index in [4.69, 9.17) is 39.1 Å². The van der Waals surface area contributed by atoms with E-state index in [0.717, 1.165) is 0 Å². The van der Waals surface area contributed by atoms with E-state index >= 15 is 0 Å². The fraction of sp³-hybridized carbons (Fsp3) is 0.667. The molecule has 1 saturated heterocycles. The molecule has 5 N–H and O–H groups in total. The first-order valence-electron chi connectivity index (χ1n) is 18.4. The molecular weight excluding hydrogens is 821 g/mol. The number of carbonyl (C=O) groups excluding carboxylic acids is 1. The van der Waals surface area contributed by atoms with Gasteiger partial charge in [-0.2, -0.15) is 10.2 Å². The van der Waals surface area contributed by atoms with Crippen molar-refractivity contribution in [2.24, 2.45) is 11.8 Å². The largest absolute Gasteiger partial charge is 0.408 e. The summed E-state index contributed by atoms with van der Waals surface area (Å²) in [6.45, 7) is 8.94. The molecule has 0 spiro atoms. The first kappa shape index (κ1) is 45.1. The fourth-order valence-corrected chi connectivity index (χ4v) is 10.1. The summed E-state index contributed by atoms with van der Waals surface area (Å²) in [5.41, 5.74) is -0.649. The SMILES string of the molecule is CC(C)C(=O)Nc1nc2c(ncn2[C@@H]2O[C@H](CO)C(O[Si](C)(C)C(C)(C)C)[C@H]2OP(=S)(OCCC#N)OC[C@H]2C[C@@H](Nc3ccncn3)C[C@@H]2O[PH](=O)O)c(=O)[nH]1. The molecule has 0 bridgehead atoms. The maximum absolute atomic E-state index is 13.2. The minimum Gasteiger partial charge on any atom is -0.408 e. The van der Waals surface area contributed by atoms with Crippen LogP contribution in [-0.4, -0.2) is 104 Å². The molecule has 24 heteroatoms. The Hall–Kier alpha value is -3.03. The van der Waals surface area contributed by atoms with Crippen LogP contribution in [0.15, 0.2) is 29.7 Å². The number of ether oxygens (including phenoxy) is 1. The number of hydrogen-bond donors (Lipinski definition) is 5. The van der Waals surface area contributed by atoms with E-state index in [2.05, 4.69) is 56.3 Å². The number of nitrogens with one attached hydrogen (secondary N) is 3. The molecule has 5 rings (SSSR count). The van der Waals surface area contributed by atoms with Crippen LogP contribution in [0.2, 0.25) is 18.1 Å². The van der Waals surface area contributed by atoms with E-state index < -0.39 is 77.9 Å². The predicted octanol–water partition coefficient (Wildman–Crippen LogP) is 4.00.